The molecule has 0 saturated carbocycles. The van der Waals surface area contributed by atoms with Gasteiger partial charge in [-0.05, 0) is 41.7 Å². The molecule has 0 radical (unpaired) electrons. The molecule has 0 unspecified atom stereocenters. The summed E-state index contributed by atoms with van der Waals surface area (Å²) in [6.45, 7) is 9.67. The van der Waals surface area contributed by atoms with Crippen molar-refractivity contribution in [3.63, 3.8) is 0 Å². The molecule has 0 spiro atoms. The van der Waals surface area contributed by atoms with Gasteiger partial charge in [-0.25, -0.2) is 0 Å². The molecule has 134 valence electrons. The summed E-state index contributed by atoms with van der Waals surface area (Å²) in [5, 5.41) is 0. The zero-order valence-electron chi connectivity index (χ0n) is 15.0. The molecule has 0 aliphatic carbocycles. The van der Waals surface area contributed by atoms with E-state index in [1.165, 1.54) is 6.08 Å². The van der Waals surface area contributed by atoms with Crippen LogP contribution in [0.15, 0.2) is 42.5 Å². The molecule has 5 heteroatoms. The van der Waals surface area contributed by atoms with Crippen molar-refractivity contribution in [2.24, 2.45) is 11.7 Å². The second-order valence-electron chi connectivity index (χ2n) is 6.60. The molecule has 0 saturated heterocycles. The van der Waals surface area contributed by atoms with Crippen molar-refractivity contribution >= 4 is 11.7 Å². The molecule has 0 atom stereocenters. The summed E-state index contributed by atoms with van der Waals surface area (Å²) in [5.41, 5.74) is 7.53. The van der Waals surface area contributed by atoms with Gasteiger partial charge < -0.3 is 15.4 Å². The highest BCUT2D eigenvalue weighted by Crippen LogP contribution is 2.27. The van der Waals surface area contributed by atoms with Crippen LogP contribution in [-0.4, -0.2) is 29.7 Å². The maximum absolute atomic E-state index is 12.5. The van der Waals surface area contributed by atoms with E-state index >= 15 is 0 Å². The molecule has 2 rings (SSSR count). The van der Waals surface area contributed by atoms with Gasteiger partial charge in [0.1, 0.15) is 12.4 Å². The number of carbonyl (C=O) groups excluding carboxylic acids is 2. The van der Waals surface area contributed by atoms with E-state index in [2.05, 4.69) is 20.4 Å². The van der Waals surface area contributed by atoms with Crippen LogP contribution in [0.3, 0.4) is 0 Å². The minimum atomic E-state index is -0.325. The van der Waals surface area contributed by atoms with Crippen LogP contribution in [0.1, 0.15) is 31.4 Å². The van der Waals surface area contributed by atoms with Crippen molar-refractivity contribution in [2.75, 3.05) is 13.2 Å². The fourth-order valence-corrected chi connectivity index (χ4v) is 2.63. The molecule has 0 fully saturated rings. The minimum Gasteiger partial charge on any atom is -0.492 e. The number of ether oxygens (including phenoxy) is 1. The maximum Gasteiger partial charge on any atom is 0.257 e. The molecule has 1 heterocycles. The summed E-state index contributed by atoms with van der Waals surface area (Å²) in [6, 6.07) is 5.74. The van der Waals surface area contributed by atoms with Crippen molar-refractivity contribution in [1.29, 1.82) is 0 Å². The lowest BCUT2D eigenvalue weighted by molar-refractivity contribution is -0.129. The van der Waals surface area contributed by atoms with Crippen LogP contribution in [0, 0.1) is 5.92 Å². The smallest absolute Gasteiger partial charge is 0.257 e. The van der Waals surface area contributed by atoms with Gasteiger partial charge in [0, 0.05) is 19.6 Å². The SMILES string of the molecule is C=C(C(=O)C=CCC(C)C)C(=O)N1Cc2ccc(OCCN)cc2C1. The molecular formula is C20H26N2O3. The Hall–Kier alpha value is -2.40. The Morgan fingerprint density at radius 3 is 2.72 bits per heavy atom. The Kier molecular flexibility index (Phi) is 6.53. The monoisotopic (exact) mass is 342 g/mol. The Morgan fingerprint density at radius 2 is 2.04 bits per heavy atom. The third-order valence-corrected chi connectivity index (χ3v) is 4.01. The number of rotatable bonds is 8. The zero-order chi connectivity index (χ0) is 18.4. The lowest BCUT2D eigenvalue weighted by atomic mass is 10.1. The minimum absolute atomic E-state index is 0.00687. The van der Waals surface area contributed by atoms with E-state index in [1.807, 2.05) is 18.2 Å². The van der Waals surface area contributed by atoms with Crippen LogP contribution in [0.2, 0.25) is 0 Å². The second-order valence-corrected chi connectivity index (χ2v) is 6.60. The molecule has 0 aromatic heterocycles. The Labute approximate surface area is 149 Å². The first kappa shape index (κ1) is 18.9. The fourth-order valence-electron chi connectivity index (χ4n) is 2.63. The number of hydrogen-bond donors (Lipinski definition) is 1. The highest BCUT2D eigenvalue weighted by molar-refractivity contribution is 6.22. The largest absolute Gasteiger partial charge is 0.492 e. The van der Waals surface area contributed by atoms with Crippen molar-refractivity contribution in [2.45, 2.75) is 33.4 Å². The molecule has 5 nitrogen and oxygen atoms in total. The van der Waals surface area contributed by atoms with Crippen LogP contribution in [0.5, 0.6) is 5.75 Å². The topological polar surface area (TPSA) is 72.6 Å². The molecule has 1 aliphatic heterocycles. The van der Waals surface area contributed by atoms with Crippen molar-refractivity contribution < 1.29 is 14.3 Å². The Balaban J connectivity index is 1.98. The van der Waals surface area contributed by atoms with E-state index in [1.54, 1.807) is 11.0 Å². The Morgan fingerprint density at radius 1 is 1.32 bits per heavy atom. The third kappa shape index (κ3) is 5.03. The number of ketones is 1. The quantitative estimate of drug-likeness (QED) is 0.448. The van der Waals surface area contributed by atoms with E-state index in [0.29, 0.717) is 32.2 Å². The first-order chi connectivity index (χ1) is 11.9. The molecule has 1 aromatic carbocycles. The van der Waals surface area contributed by atoms with Crippen LogP contribution in [0.25, 0.3) is 0 Å². The molecule has 2 N–H and O–H groups in total. The number of benzene rings is 1. The number of fused-ring (bicyclic) bond motifs is 1. The highest BCUT2D eigenvalue weighted by atomic mass is 16.5. The van der Waals surface area contributed by atoms with Gasteiger partial charge in [0.05, 0.1) is 5.57 Å². The molecule has 0 bridgehead atoms. The number of nitrogens with zero attached hydrogens (tertiary/aromatic N) is 1. The summed E-state index contributed by atoms with van der Waals surface area (Å²) in [5.74, 6) is 0.565. The van der Waals surface area contributed by atoms with Crippen LogP contribution >= 0.6 is 0 Å². The first-order valence-corrected chi connectivity index (χ1v) is 8.56. The summed E-state index contributed by atoms with van der Waals surface area (Å²) >= 11 is 0. The normalized spacial score (nSPS) is 13.4. The number of nitrogens with two attached hydrogens (primary N) is 1. The van der Waals surface area contributed by atoms with Gasteiger partial charge in [-0.15, -0.1) is 0 Å². The van der Waals surface area contributed by atoms with E-state index in [0.717, 1.165) is 23.3 Å². The average molecular weight is 342 g/mol. The summed E-state index contributed by atoms with van der Waals surface area (Å²) in [7, 11) is 0. The van der Waals surface area contributed by atoms with Crippen molar-refractivity contribution in [1.82, 2.24) is 4.90 Å². The van der Waals surface area contributed by atoms with Gasteiger partial charge in [0.2, 0.25) is 0 Å². The number of hydrogen-bond acceptors (Lipinski definition) is 4. The molecule has 1 aliphatic rings. The number of amides is 1. The standard InChI is InChI=1S/C20H26N2O3/c1-14(2)5-4-6-19(23)15(3)20(24)22-12-16-7-8-18(25-10-9-21)11-17(16)13-22/h4,6-8,11,14H,3,5,9-10,12-13,21H2,1-2H3. The van der Waals surface area contributed by atoms with Crippen molar-refractivity contribution in [3.05, 3.63) is 53.6 Å². The second kappa shape index (κ2) is 8.62. The zero-order valence-corrected chi connectivity index (χ0v) is 15.0. The third-order valence-electron chi connectivity index (χ3n) is 4.01. The predicted molar refractivity (Wildman–Crippen MR) is 98.0 cm³/mol. The number of carbonyl (C=O) groups is 2. The molecule has 1 aromatic rings. The number of allylic oxidation sites excluding steroid dienone is 2. The molecule has 25 heavy (non-hydrogen) atoms. The van der Waals surface area contributed by atoms with Crippen LogP contribution in [0.4, 0.5) is 0 Å². The van der Waals surface area contributed by atoms with Crippen molar-refractivity contribution in [3.8, 4) is 5.75 Å². The van der Waals surface area contributed by atoms with E-state index in [9.17, 15) is 9.59 Å². The average Bonchev–Trinajstić information content (AvgIpc) is 3.01. The lowest BCUT2D eigenvalue weighted by Gasteiger charge is -2.15. The highest BCUT2D eigenvalue weighted by Gasteiger charge is 2.27. The Bertz CT molecular complexity index is 692. The van der Waals surface area contributed by atoms with E-state index < -0.39 is 0 Å². The van der Waals surface area contributed by atoms with E-state index in [4.69, 9.17) is 10.5 Å². The summed E-state index contributed by atoms with van der Waals surface area (Å²) in [4.78, 5) is 26.3. The van der Waals surface area contributed by atoms with Gasteiger partial charge >= 0.3 is 0 Å². The maximum atomic E-state index is 12.5. The van der Waals surface area contributed by atoms with Gasteiger partial charge in [0.15, 0.2) is 5.78 Å². The van der Waals surface area contributed by atoms with Crippen LogP contribution in [-0.2, 0) is 22.7 Å². The predicted octanol–water partition coefficient (Wildman–Crippen LogP) is 2.59. The van der Waals surface area contributed by atoms with Crippen LogP contribution < -0.4 is 10.5 Å². The van der Waals surface area contributed by atoms with E-state index in [-0.39, 0.29) is 17.3 Å². The van der Waals surface area contributed by atoms with Gasteiger partial charge in [-0.3, -0.25) is 9.59 Å². The van der Waals surface area contributed by atoms with Gasteiger partial charge in [-0.1, -0.05) is 32.6 Å². The van der Waals surface area contributed by atoms with Gasteiger partial charge in [0.25, 0.3) is 5.91 Å². The fraction of sp³-hybridized carbons (Fsp3) is 0.400. The van der Waals surface area contributed by atoms with Gasteiger partial charge in [-0.2, -0.15) is 0 Å². The summed E-state index contributed by atoms with van der Waals surface area (Å²) in [6.07, 6.45) is 4.04. The lowest BCUT2D eigenvalue weighted by Crippen LogP contribution is -2.29. The first-order valence-electron chi connectivity index (χ1n) is 8.56. The molecular weight excluding hydrogens is 316 g/mol. The molecule has 1 amide bonds. The summed E-state index contributed by atoms with van der Waals surface area (Å²) < 4.78 is 5.52.